The molecule has 0 aliphatic rings. The Hall–Kier alpha value is -2.43. The van der Waals surface area contributed by atoms with Gasteiger partial charge in [0.05, 0.1) is 0 Å². The number of rotatable bonds is 6. The van der Waals surface area contributed by atoms with Gasteiger partial charge < -0.3 is 9.88 Å². The zero-order valence-electron chi connectivity index (χ0n) is 12.5. The maximum absolute atomic E-state index is 13.2. The lowest BCUT2D eigenvalue weighted by atomic mass is 10.1. The number of hydrogen-bond acceptors (Lipinski definition) is 2. The van der Waals surface area contributed by atoms with E-state index in [-0.39, 0.29) is 11.5 Å². The normalized spacial score (nSPS) is 10.5. The third-order valence-electron chi connectivity index (χ3n) is 3.45. The quantitative estimate of drug-likeness (QED) is 0.834. The first-order valence-electron chi connectivity index (χ1n) is 7.28. The summed E-state index contributed by atoms with van der Waals surface area (Å²) in [4.78, 5) is 23.5. The molecule has 2 aromatic rings. The number of nitrogens with one attached hydrogen (secondary N) is 1. The Morgan fingerprint density at radius 3 is 2.82 bits per heavy atom. The molecule has 0 unspecified atom stereocenters. The summed E-state index contributed by atoms with van der Waals surface area (Å²) in [7, 11) is 0. The fraction of sp³-hybridized carbons (Fsp3) is 0.294. The lowest BCUT2D eigenvalue weighted by Gasteiger charge is -2.08. The monoisotopic (exact) mass is 302 g/mol. The number of carbonyl (C=O) groups is 1. The summed E-state index contributed by atoms with van der Waals surface area (Å²) in [5.74, 6) is -0.687. The van der Waals surface area contributed by atoms with Crippen molar-refractivity contribution in [2.75, 3.05) is 6.54 Å². The number of hydrogen-bond donors (Lipinski definition) is 1. The van der Waals surface area contributed by atoms with Crippen molar-refractivity contribution >= 4 is 5.91 Å². The highest BCUT2D eigenvalue weighted by Gasteiger charge is 2.09. The average Bonchev–Trinajstić information content (AvgIpc) is 2.51. The first-order valence-corrected chi connectivity index (χ1v) is 7.28. The number of pyridine rings is 1. The van der Waals surface area contributed by atoms with Crippen LogP contribution in [0.5, 0.6) is 0 Å². The Kier molecular flexibility index (Phi) is 5.47. The van der Waals surface area contributed by atoms with E-state index in [9.17, 15) is 14.0 Å². The molecule has 0 radical (unpaired) electrons. The number of halogens is 1. The average molecular weight is 302 g/mol. The molecule has 0 saturated heterocycles. The van der Waals surface area contributed by atoms with E-state index < -0.39 is 5.82 Å². The van der Waals surface area contributed by atoms with Crippen molar-refractivity contribution < 1.29 is 9.18 Å². The van der Waals surface area contributed by atoms with Crippen LogP contribution in [0.15, 0.2) is 47.4 Å². The van der Waals surface area contributed by atoms with Gasteiger partial charge in [0.2, 0.25) is 5.56 Å². The van der Waals surface area contributed by atoms with Crippen LogP contribution in [0.25, 0.3) is 0 Å². The minimum Gasteiger partial charge on any atom is -0.352 e. The molecule has 1 aromatic heterocycles. The predicted molar refractivity (Wildman–Crippen MR) is 83.4 cm³/mol. The van der Waals surface area contributed by atoms with Crippen molar-refractivity contribution in [1.82, 2.24) is 9.88 Å². The van der Waals surface area contributed by atoms with Gasteiger partial charge in [-0.2, -0.15) is 0 Å². The second-order valence-corrected chi connectivity index (χ2v) is 5.15. The molecule has 0 atom stereocenters. The standard InChI is InChI=1S/C17H19FN2O2/c1-13-7-8-14(18)12-15(13)17(22)19-9-3-5-11-20-10-4-2-6-16(20)21/h2,4,6-8,10,12H,3,5,9,11H2,1H3,(H,19,22). The van der Waals surface area contributed by atoms with E-state index in [0.717, 1.165) is 18.4 Å². The highest BCUT2D eigenvalue weighted by atomic mass is 19.1. The number of benzene rings is 1. The second kappa shape index (κ2) is 7.54. The molecule has 0 fully saturated rings. The molecule has 1 N–H and O–H groups in total. The van der Waals surface area contributed by atoms with Crippen LogP contribution in [0.3, 0.4) is 0 Å². The van der Waals surface area contributed by atoms with Crippen LogP contribution in [0, 0.1) is 12.7 Å². The molecule has 116 valence electrons. The van der Waals surface area contributed by atoms with Gasteiger partial charge in [0, 0.05) is 30.9 Å². The van der Waals surface area contributed by atoms with Crippen LogP contribution in [0.2, 0.25) is 0 Å². The van der Waals surface area contributed by atoms with Gasteiger partial charge in [0.15, 0.2) is 0 Å². The third-order valence-corrected chi connectivity index (χ3v) is 3.45. The Morgan fingerprint density at radius 1 is 1.23 bits per heavy atom. The lowest BCUT2D eigenvalue weighted by Crippen LogP contribution is -2.26. The first-order chi connectivity index (χ1) is 10.6. The van der Waals surface area contributed by atoms with Crippen molar-refractivity contribution in [3.05, 3.63) is 69.9 Å². The van der Waals surface area contributed by atoms with E-state index in [1.165, 1.54) is 18.2 Å². The van der Waals surface area contributed by atoms with Gasteiger partial charge >= 0.3 is 0 Å². The van der Waals surface area contributed by atoms with E-state index in [2.05, 4.69) is 5.32 Å². The van der Waals surface area contributed by atoms with Crippen LogP contribution in [0.1, 0.15) is 28.8 Å². The van der Waals surface area contributed by atoms with Crippen LogP contribution in [-0.2, 0) is 6.54 Å². The molecule has 0 aliphatic heterocycles. The van der Waals surface area contributed by atoms with Crippen molar-refractivity contribution in [3.63, 3.8) is 0 Å². The molecule has 0 bridgehead atoms. The molecule has 22 heavy (non-hydrogen) atoms. The Balaban J connectivity index is 1.77. The summed E-state index contributed by atoms with van der Waals surface area (Å²) in [6, 6.07) is 9.22. The van der Waals surface area contributed by atoms with Gasteiger partial charge in [-0.15, -0.1) is 0 Å². The molecule has 0 aliphatic carbocycles. The number of aryl methyl sites for hydroxylation is 2. The van der Waals surface area contributed by atoms with E-state index in [1.54, 1.807) is 29.8 Å². The van der Waals surface area contributed by atoms with Crippen LogP contribution >= 0.6 is 0 Å². The first kappa shape index (κ1) is 15.9. The molecule has 1 heterocycles. The van der Waals surface area contributed by atoms with E-state index in [4.69, 9.17) is 0 Å². The summed E-state index contributed by atoms with van der Waals surface area (Å²) in [6.07, 6.45) is 3.28. The van der Waals surface area contributed by atoms with Gasteiger partial charge in [-0.05, 0) is 43.5 Å². The fourth-order valence-electron chi connectivity index (χ4n) is 2.19. The summed E-state index contributed by atoms with van der Waals surface area (Å²) in [5.41, 5.74) is 1.08. The van der Waals surface area contributed by atoms with Gasteiger partial charge in [0.25, 0.3) is 5.91 Å². The van der Waals surface area contributed by atoms with Gasteiger partial charge in [-0.1, -0.05) is 12.1 Å². The number of amides is 1. The molecular formula is C17H19FN2O2. The fourth-order valence-corrected chi connectivity index (χ4v) is 2.19. The smallest absolute Gasteiger partial charge is 0.251 e. The summed E-state index contributed by atoms with van der Waals surface area (Å²) < 4.78 is 14.8. The summed E-state index contributed by atoms with van der Waals surface area (Å²) >= 11 is 0. The summed E-state index contributed by atoms with van der Waals surface area (Å²) in [5, 5.41) is 2.77. The molecule has 5 heteroatoms. The highest BCUT2D eigenvalue weighted by molar-refractivity contribution is 5.95. The van der Waals surface area contributed by atoms with Crippen LogP contribution in [0.4, 0.5) is 4.39 Å². The minimum atomic E-state index is -0.417. The second-order valence-electron chi connectivity index (χ2n) is 5.15. The minimum absolute atomic E-state index is 0.0260. The SMILES string of the molecule is Cc1ccc(F)cc1C(=O)NCCCCn1ccccc1=O. The molecule has 2 rings (SSSR count). The number of unbranched alkanes of at least 4 members (excludes halogenated alkanes) is 1. The Labute approximate surface area is 128 Å². The number of aromatic nitrogens is 1. The number of carbonyl (C=O) groups excluding carboxylic acids is 1. The molecule has 4 nitrogen and oxygen atoms in total. The maximum Gasteiger partial charge on any atom is 0.251 e. The molecule has 1 aromatic carbocycles. The van der Waals surface area contributed by atoms with Gasteiger partial charge in [-0.25, -0.2) is 4.39 Å². The molecule has 0 spiro atoms. The van der Waals surface area contributed by atoms with Crippen molar-refractivity contribution in [2.45, 2.75) is 26.3 Å². The van der Waals surface area contributed by atoms with Crippen molar-refractivity contribution in [1.29, 1.82) is 0 Å². The molecular weight excluding hydrogens is 283 g/mol. The number of nitrogens with zero attached hydrogens (tertiary/aromatic N) is 1. The largest absolute Gasteiger partial charge is 0.352 e. The molecule has 1 amide bonds. The van der Waals surface area contributed by atoms with Gasteiger partial charge in [0.1, 0.15) is 5.82 Å². The summed E-state index contributed by atoms with van der Waals surface area (Å²) in [6.45, 7) is 2.89. The van der Waals surface area contributed by atoms with E-state index in [1.807, 2.05) is 6.07 Å². The topological polar surface area (TPSA) is 51.1 Å². The molecule has 0 saturated carbocycles. The van der Waals surface area contributed by atoms with Crippen molar-refractivity contribution in [2.24, 2.45) is 0 Å². The zero-order chi connectivity index (χ0) is 15.9. The highest BCUT2D eigenvalue weighted by Crippen LogP contribution is 2.10. The zero-order valence-corrected chi connectivity index (χ0v) is 12.5. The Bertz CT molecular complexity index is 710. The third kappa shape index (κ3) is 4.28. The Morgan fingerprint density at radius 2 is 2.05 bits per heavy atom. The van der Waals surface area contributed by atoms with Crippen LogP contribution in [-0.4, -0.2) is 17.0 Å². The maximum atomic E-state index is 13.2. The van der Waals surface area contributed by atoms with Crippen molar-refractivity contribution in [3.8, 4) is 0 Å². The van der Waals surface area contributed by atoms with Gasteiger partial charge in [-0.3, -0.25) is 9.59 Å². The van der Waals surface area contributed by atoms with E-state index in [0.29, 0.717) is 18.7 Å². The predicted octanol–water partition coefficient (Wildman–Crippen LogP) is 2.51. The van der Waals surface area contributed by atoms with Crippen LogP contribution < -0.4 is 10.9 Å². The lowest BCUT2D eigenvalue weighted by molar-refractivity contribution is 0.0952. The van der Waals surface area contributed by atoms with E-state index >= 15 is 0 Å².